The molecule has 0 saturated carbocycles. The van der Waals surface area contributed by atoms with E-state index < -0.39 is 0 Å². The average molecular weight is 296 g/mol. The molecule has 6 heteroatoms. The van der Waals surface area contributed by atoms with E-state index in [4.69, 9.17) is 9.47 Å². The van der Waals surface area contributed by atoms with Gasteiger partial charge in [0.1, 0.15) is 18.2 Å². The van der Waals surface area contributed by atoms with Gasteiger partial charge in [-0.1, -0.05) is 6.92 Å². The van der Waals surface area contributed by atoms with Gasteiger partial charge in [0.15, 0.2) is 5.82 Å². The smallest absolute Gasteiger partial charge is 0.158 e. The first-order chi connectivity index (χ1) is 10.2. The van der Waals surface area contributed by atoms with Gasteiger partial charge in [-0.05, 0) is 26.7 Å². The molecule has 21 heavy (non-hydrogen) atoms. The van der Waals surface area contributed by atoms with Crippen molar-refractivity contribution in [2.24, 2.45) is 0 Å². The maximum atomic E-state index is 5.40. The number of anilines is 2. The van der Waals surface area contributed by atoms with Crippen molar-refractivity contribution in [3.05, 3.63) is 11.9 Å². The van der Waals surface area contributed by atoms with Crippen LogP contribution >= 0.6 is 0 Å². The van der Waals surface area contributed by atoms with Crippen molar-refractivity contribution in [3.8, 4) is 0 Å². The van der Waals surface area contributed by atoms with Crippen LogP contribution in [0, 0.1) is 0 Å². The van der Waals surface area contributed by atoms with E-state index in [2.05, 4.69) is 34.4 Å². The van der Waals surface area contributed by atoms with Crippen LogP contribution in [-0.4, -0.2) is 42.9 Å². The van der Waals surface area contributed by atoms with Crippen LogP contribution in [0.15, 0.2) is 6.07 Å². The molecule has 1 aromatic rings. The van der Waals surface area contributed by atoms with E-state index in [1.807, 2.05) is 13.0 Å². The van der Waals surface area contributed by atoms with Crippen molar-refractivity contribution in [1.82, 2.24) is 9.97 Å². The minimum Gasteiger partial charge on any atom is -0.385 e. The highest BCUT2D eigenvalue weighted by molar-refractivity contribution is 5.48. The summed E-state index contributed by atoms with van der Waals surface area (Å²) >= 11 is 0. The van der Waals surface area contributed by atoms with Crippen molar-refractivity contribution >= 4 is 11.6 Å². The van der Waals surface area contributed by atoms with Crippen LogP contribution in [0.25, 0.3) is 0 Å². The molecule has 2 N–H and O–H groups in total. The number of hydrogen-bond donors (Lipinski definition) is 2. The van der Waals surface area contributed by atoms with Crippen LogP contribution in [0.5, 0.6) is 0 Å². The Balaban J connectivity index is 2.74. The summed E-state index contributed by atoms with van der Waals surface area (Å²) < 4.78 is 10.5. The minimum absolute atomic E-state index is 0.291. The van der Waals surface area contributed by atoms with Gasteiger partial charge in [-0.25, -0.2) is 9.97 Å². The number of nitrogens with one attached hydrogen (secondary N) is 2. The molecule has 1 heterocycles. The number of aromatic nitrogens is 2. The second-order valence-electron chi connectivity index (χ2n) is 4.95. The predicted octanol–water partition coefficient (Wildman–Crippen LogP) is 2.67. The van der Waals surface area contributed by atoms with Crippen LogP contribution in [0.1, 0.15) is 39.4 Å². The maximum absolute atomic E-state index is 5.40. The van der Waals surface area contributed by atoms with Crippen molar-refractivity contribution < 1.29 is 9.47 Å². The molecule has 0 aliphatic rings. The van der Waals surface area contributed by atoms with Crippen LogP contribution in [0.3, 0.4) is 0 Å². The highest BCUT2D eigenvalue weighted by Crippen LogP contribution is 2.14. The molecule has 1 unspecified atom stereocenters. The molecular formula is C15H28N4O2. The highest BCUT2D eigenvalue weighted by atomic mass is 16.5. The van der Waals surface area contributed by atoms with E-state index >= 15 is 0 Å². The van der Waals surface area contributed by atoms with E-state index in [9.17, 15) is 0 Å². The SMILES string of the molecule is CCCNc1cc(NC(C)CCOC)nc(COCC)n1. The third kappa shape index (κ3) is 7.24. The number of nitrogens with zero attached hydrogens (tertiary/aromatic N) is 2. The zero-order chi connectivity index (χ0) is 15.5. The number of hydrogen-bond acceptors (Lipinski definition) is 6. The highest BCUT2D eigenvalue weighted by Gasteiger charge is 2.08. The summed E-state index contributed by atoms with van der Waals surface area (Å²) in [6.45, 7) is 8.91. The van der Waals surface area contributed by atoms with Gasteiger partial charge in [-0.15, -0.1) is 0 Å². The van der Waals surface area contributed by atoms with Crippen LogP contribution < -0.4 is 10.6 Å². The van der Waals surface area contributed by atoms with Crippen LogP contribution in [0.2, 0.25) is 0 Å². The summed E-state index contributed by atoms with van der Waals surface area (Å²) in [7, 11) is 1.71. The van der Waals surface area contributed by atoms with Crippen LogP contribution in [-0.2, 0) is 16.1 Å². The summed E-state index contributed by atoms with van der Waals surface area (Å²) in [5.74, 6) is 2.35. The Kier molecular flexibility index (Phi) is 8.69. The minimum atomic E-state index is 0.291. The number of methoxy groups -OCH3 is 1. The lowest BCUT2D eigenvalue weighted by atomic mass is 10.2. The lowest BCUT2D eigenvalue weighted by Gasteiger charge is -2.16. The second kappa shape index (κ2) is 10.3. The molecule has 0 amide bonds. The van der Waals surface area contributed by atoms with Gasteiger partial charge in [0.25, 0.3) is 0 Å². The molecule has 1 aromatic heterocycles. The summed E-state index contributed by atoms with van der Waals surface area (Å²) in [6.07, 6.45) is 1.98. The van der Waals surface area contributed by atoms with Gasteiger partial charge in [0.05, 0.1) is 0 Å². The summed E-state index contributed by atoms with van der Waals surface area (Å²) in [5, 5.41) is 6.68. The predicted molar refractivity (Wildman–Crippen MR) is 85.7 cm³/mol. The molecule has 1 atom stereocenters. The molecule has 120 valence electrons. The summed E-state index contributed by atoms with van der Waals surface area (Å²) in [5.41, 5.74) is 0. The average Bonchev–Trinajstić information content (AvgIpc) is 2.48. The van der Waals surface area contributed by atoms with Crippen molar-refractivity contribution in [2.45, 2.75) is 46.3 Å². The van der Waals surface area contributed by atoms with Crippen molar-refractivity contribution in [3.63, 3.8) is 0 Å². The van der Waals surface area contributed by atoms with Crippen molar-refractivity contribution in [1.29, 1.82) is 0 Å². The topological polar surface area (TPSA) is 68.3 Å². The maximum Gasteiger partial charge on any atom is 0.158 e. The molecule has 0 radical (unpaired) electrons. The van der Waals surface area contributed by atoms with Crippen molar-refractivity contribution in [2.75, 3.05) is 37.5 Å². The molecule has 0 aliphatic carbocycles. The Hall–Kier alpha value is -1.40. The Morgan fingerprint density at radius 2 is 2.00 bits per heavy atom. The van der Waals surface area contributed by atoms with E-state index in [1.54, 1.807) is 7.11 Å². The molecular weight excluding hydrogens is 268 g/mol. The zero-order valence-corrected chi connectivity index (χ0v) is 13.6. The largest absolute Gasteiger partial charge is 0.385 e. The number of ether oxygens (including phenoxy) is 2. The van der Waals surface area contributed by atoms with Gasteiger partial charge in [-0.3, -0.25) is 0 Å². The monoisotopic (exact) mass is 296 g/mol. The van der Waals surface area contributed by atoms with Gasteiger partial charge >= 0.3 is 0 Å². The van der Waals surface area contributed by atoms with Gasteiger partial charge in [0.2, 0.25) is 0 Å². The van der Waals surface area contributed by atoms with Gasteiger partial charge < -0.3 is 20.1 Å². The van der Waals surface area contributed by atoms with E-state index in [-0.39, 0.29) is 0 Å². The Labute approximate surface area is 127 Å². The van der Waals surface area contributed by atoms with Gasteiger partial charge in [-0.2, -0.15) is 0 Å². The third-order valence-corrected chi connectivity index (χ3v) is 2.91. The normalized spacial score (nSPS) is 12.2. The van der Waals surface area contributed by atoms with E-state index in [1.165, 1.54) is 0 Å². The Morgan fingerprint density at radius 3 is 2.67 bits per heavy atom. The van der Waals surface area contributed by atoms with E-state index in [0.29, 0.717) is 25.1 Å². The Morgan fingerprint density at radius 1 is 1.24 bits per heavy atom. The lowest BCUT2D eigenvalue weighted by molar-refractivity contribution is 0.128. The fourth-order valence-electron chi connectivity index (χ4n) is 1.79. The first-order valence-corrected chi connectivity index (χ1v) is 7.64. The molecule has 6 nitrogen and oxygen atoms in total. The summed E-state index contributed by atoms with van der Waals surface area (Å²) in [6, 6.07) is 2.23. The Bertz CT molecular complexity index is 375. The molecule has 0 spiro atoms. The second-order valence-corrected chi connectivity index (χ2v) is 4.95. The van der Waals surface area contributed by atoms with Gasteiger partial charge in [0, 0.05) is 39.0 Å². The molecule has 1 rings (SSSR count). The fourth-order valence-corrected chi connectivity index (χ4v) is 1.79. The first-order valence-electron chi connectivity index (χ1n) is 7.64. The zero-order valence-electron chi connectivity index (χ0n) is 13.6. The quantitative estimate of drug-likeness (QED) is 0.654. The number of rotatable bonds is 11. The molecule has 0 saturated heterocycles. The standard InChI is InChI=1S/C15H28N4O2/c1-5-8-16-13-10-14(17-12(3)7-9-20-4)19-15(18-13)11-21-6-2/h10,12H,5-9,11H2,1-4H3,(H2,16,17,18,19). The van der Waals surface area contributed by atoms with E-state index in [0.717, 1.165) is 37.6 Å². The lowest BCUT2D eigenvalue weighted by Crippen LogP contribution is -2.19. The molecule has 0 fully saturated rings. The van der Waals surface area contributed by atoms with Crippen LogP contribution in [0.4, 0.5) is 11.6 Å². The fraction of sp³-hybridized carbons (Fsp3) is 0.733. The molecule has 0 aromatic carbocycles. The molecule has 0 aliphatic heterocycles. The molecule has 0 bridgehead atoms. The third-order valence-electron chi connectivity index (χ3n) is 2.91. The first kappa shape index (κ1) is 17.7. The summed E-state index contributed by atoms with van der Waals surface area (Å²) in [4.78, 5) is 8.96.